The molecule has 3 atom stereocenters. The van der Waals surface area contributed by atoms with Crippen molar-refractivity contribution >= 4 is 10.2 Å². The van der Waals surface area contributed by atoms with Crippen LogP contribution in [-0.2, 0) is 14.9 Å². The molecule has 2 heterocycles. The van der Waals surface area contributed by atoms with Gasteiger partial charge in [0.15, 0.2) is 0 Å². The van der Waals surface area contributed by atoms with E-state index in [0.717, 1.165) is 11.3 Å². The molecule has 8 nitrogen and oxygen atoms in total. The molecule has 0 spiro atoms. The molecular formula is C17H25N5O3S. The first-order valence-corrected chi connectivity index (χ1v) is 10.0. The van der Waals surface area contributed by atoms with Crippen molar-refractivity contribution in [2.24, 2.45) is 0 Å². The standard InChI is InChI=1S/C17H25N5O3S/c1-13-9-21(10-14(2)25-13)26(23,24)20(4)15(3)16-5-7-17(8-6-16)22-12-18-11-19-22/h5-8,11-15H,9-10H2,1-4H3/t13-,14+,15-/m0/s1. The van der Waals surface area contributed by atoms with Crippen LogP contribution in [0.3, 0.4) is 0 Å². The van der Waals surface area contributed by atoms with Crippen molar-refractivity contribution in [3.63, 3.8) is 0 Å². The van der Waals surface area contributed by atoms with Crippen LogP contribution in [0.1, 0.15) is 32.4 Å². The summed E-state index contributed by atoms with van der Waals surface area (Å²) in [4.78, 5) is 3.93. The molecule has 3 rings (SSSR count). The van der Waals surface area contributed by atoms with Crippen molar-refractivity contribution < 1.29 is 13.2 Å². The number of hydrogen-bond acceptors (Lipinski definition) is 5. The molecule has 1 aliphatic heterocycles. The van der Waals surface area contributed by atoms with E-state index in [1.165, 1.54) is 14.9 Å². The first-order chi connectivity index (χ1) is 12.3. The molecule has 1 fully saturated rings. The lowest BCUT2D eigenvalue weighted by Gasteiger charge is -2.38. The lowest BCUT2D eigenvalue weighted by Crippen LogP contribution is -2.52. The van der Waals surface area contributed by atoms with E-state index < -0.39 is 10.2 Å². The lowest BCUT2D eigenvalue weighted by molar-refractivity contribution is -0.0455. The molecule has 1 aliphatic rings. The summed E-state index contributed by atoms with van der Waals surface area (Å²) in [6, 6.07) is 7.34. The highest BCUT2D eigenvalue weighted by Crippen LogP contribution is 2.26. The second-order valence-electron chi connectivity index (χ2n) is 6.71. The molecule has 1 saturated heterocycles. The summed E-state index contributed by atoms with van der Waals surface area (Å²) in [6.07, 6.45) is 2.87. The van der Waals surface area contributed by atoms with Crippen LogP contribution in [0.4, 0.5) is 0 Å². The van der Waals surface area contributed by atoms with Gasteiger partial charge in [0, 0.05) is 26.2 Å². The molecule has 0 amide bonds. The van der Waals surface area contributed by atoms with E-state index in [2.05, 4.69) is 10.1 Å². The topological polar surface area (TPSA) is 80.6 Å². The number of hydrogen-bond donors (Lipinski definition) is 0. The summed E-state index contributed by atoms with van der Waals surface area (Å²) in [6.45, 7) is 6.41. The lowest BCUT2D eigenvalue weighted by atomic mass is 10.1. The highest BCUT2D eigenvalue weighted by atomic mass is 32.2. The Hall–Kier alpha value is -1.81. The molecule has 1 aromatic heterocycles. The second kappa shape index (κ2) is 7.43. The predicted octanol–water partition coefficient (Wildman–Crippen LogP) is 1.61. The maximum atomic E-state index is 13.0. The third-order valence-corrected chi connectivity index (χ3v) is 6.68. The number of ether oxygens (including phenoxy) is 1. The summed E-state index contributed by atoms with van der Waals surface area (Å²) >= 11 is 0. The maximum Gasteiger partial charge on any atom is 0.282 e. The Bertz CT molecular complexity index is 813. The third kappa shape index (κ3) is 3.80. The van der Waals surface area contributed by atoms with E-state index in [0.29, 0.717) is 13.1 Å². The van der Waals surface area contributed by atoms with E-state index in [1.807, 2.05) is 45.0 Å². The molecular weight excluding hydrogens is 354 g/mol. The normalized spacial score (nSPS) is 23.3. The molecule has 9 heteroatoms. The molecule has 142 valence electrons. The van der Waals surface area contributed by atoms with Crippen LogP contribution >= 0.6 is 0 Å². The molecule has 0 unspecified atom stereocenters. The Kier molecular flexibility index (Phi) is 5.42. The van der Waals surface area contributed by atoms with E-state index >= 15 is 0 Å². The fourth-order valence-electron chi connectivity index (χ4n) is 3.16. The fraction of sp³-hybridized carbons (Fsp3) is 0.529. The Morgan fingerprint density at radius 3 is 2.35 bits per heavy atom. The van der Waals surface area contributed by atoms with Gasteiger partial charge < -0.3 is 4.74 Å². The summed E-state index contributed by atoms with van der Waals surface area (Å²) in [7, 11) is -1.95. The first-order valence-electron chi connectivity index (χ1n) is 8.62. The van der Waals surface area contributed by atoms with Gasteiger partial charge in [-0.1, -0.05) is 12.1 Å². The average Bonchev–Trinajstić information content (AvgIpc) is 3.14. The van der Waals surface area contributed by atoms with Gasteiger partial charge in [0.1, 0.15) is 12.7 Å². The Morgan fingerprint density at radius 2 is 1.81 bits per heavy atom. The Balaban J connectivity index is 1.77. The van der Waals surface area contributed by atoms with Gasteiger partial charge in [-0.3, -0.25) is 0 Å². The monoisotopic (exact) mass is 379 g/mol. The van der Waals surface area contributed by atoms with Gasteiger partial charge in [-0.25, -0.2) is 9.67 Å². The smallest absolute Gasteiger partial charge is 0.282 e. The van der Waals surface area contributed by atoms with Gasteiger partial charge in [-0.05, 0) is 38.5 Å². The van der Waals surface area contributed by atoms with Crippen LogP contribution < -0.4 is 0 Å². The van der Waals surface area contributed by atoms with Crippen LogP contribution in [0, 0.1) is 0 Å². The zero-order valence-corrected chi connectivity index (χ0v) is 16.3. The van der Waals surface area contributed by atoms with E-state index in [1.54, 1.807) is 18.1 Å². The largest absolute Gasteiger partial charge is 0.373 e. The number of aromatic nitrogens is 3. The minimum Gasteiger partial charge on any atom is -0.373 e. The fourth-order valence-corrected chi connectivity index (χ4v) is 4.84. The van der Waals surface area contributed by atoms with E-state index in [9.17, 15) is 8.42 Å². The van der Waals surface area contributed by atoms with E-state index in [4.69, 9.17) is 4.74 Å². The number of morpholine rings is 1. The van der Waals surface area contributed by atoms with Gasteiger partial charge in [0.25, 0.3) is 10.2 Å². The maximum absolute atomic E-state index is 13.0. The van der Waals surface area contributed by atoms with Gasteiger partial charge in [-0.15, -0.1) is 0 Å². The van der Waals surface area contributed by atoms with Crippen LogP contribution in [-0.4, -0.2) is 64.1 Å². The molecule has 1 aromatic carbocycles. The third-order valence-electron chi connectivity index (χ3n) is 4.68. The number of nitrogens with zero attached hydrogens (tertiary/aromatic N) is 5. The van der Waals surface area contributed by atoms with Gasteiger partial charge in [0.2, 0.25) is 0 Å². The zero-order valence-electron chi connectivity index (χ0n) is 15.5. The average molecular weight is 379 g/mol. The highest BCUT2D eigenvalue weighted by Gasteiger charge is 2.35. The summed E-state index contributed by atoms with van der Waals surface area (Å²) in [5.74, 6) is 0. The number of rotatable bonds is 5. The molecule has 0 radical (unpaired) electrons. The SMILES string of the molecule is C[C@@H]1CN(S(=O)(=O)N(C)[C@@H](C)c2ccc(-n3cncn3)cc2)C[C@H](C)O1. The molecule has 0 aliphatic carbocycles. The van der Waals surface area contributed by atoms with Crippen molar-refractivity contribution in [1.29, 1.82) is 0 Å². The van der Waals surface area contributed by atoms with Gasteiger partial charge in [0.05, 0.1) is 17.9 Å². The second-order valence-corrected chi connectivity index (χ2v) is 8.69. The van der Waals surface area contributed by atoms with Crippen LogP contribution in [0.5, 0.6) is 0 Å². The predicted molar refractivity (Wildman–Crippen MR) is 98.0 cm³/mol. The molecule has 0 N–H and O–H groups in total. The quantitative estimate of drug-likeness (QED) is 0.788. The first kappa shape index (κ1) is 19.0. The van der Waals surface area contributed by atoms with E-state index in [-0.39, 0.29) is 18.2 Å². The van der Waals surface area contributed by atoms with Crippen molar-refractivity contribution in [3.05, 3.63) is 42.5 Å². The zero-order chi connectivity index (χ0) is 18.9. The summed E-state index contributed by atoms with van der Waals surface area (Å²) in [5.41, 5.74) is 1.79. The molecule has 0 bridgehead atoms. The summed E-state index contributed by atoms with van der Waals surface area (Å²) < 4.78 is 36.3. The Labute approximate surface area is 154 Å². The van der Waals surface area contributed by atoms with Crippen LogP contribution in [0.2, 0.25) is 0 Å². The van der Waals surface area contributed by atoms with Crippen molar-refractivity contribution in [3.8, 4) is 5.69 Å². The van der Waals surface area contributed by atoms with Gasteiger partial charge >= 0.3 is 0 Å². The van der Waals surface area contributed by atoms with Crippen molar-refractivity contribution in [1.82, 2.24) is 23.4 Å². The number of benzene rings is 1. The molecule has 0 saturated carbocycles. The molecule has 2 aromatic rings. The molecule has 26 heavy (non-hydrogen) atoms. The Morgan fingerprint density at radius 1 is 1.19 bits per heavy atom. The minimum absolute atomic E-state index is 0.112. The van der Waals surface area contributed by atoms with Crippen LogP contribution in [0.25, 0.3) is 5.69 Å². The highest BCUT2D eigenvalue weighted by molar-refractivity contribution is 7.86. The summed E-state index contributed by atoms with van der Waals surface area (Å²) in [5, 5.41) is 4.09. The van der Waals surface area contributed by atoms with Crippen LogP contribution in [0.15, 0.2) is 36.9 Å². The van der Waals surface area contributed by atoms with Gasteiger partial charge in [-0.2, -0.15) is 22.1 Å². The van der Waals surface area contributed by atoms with Crippen molar-refractivity contribution in [2.75, 3.05) is 20.1 Å². The minimum atomic E-state index is -3.57. The van der Waals surface area contributed by atoms with Crippen molar-refractivity contribution in [2.45, 2.75) is 39.0 Å².